The van der Waals surface area contributed by atoms with Crippen LogP contribution in [0.2, 0.25) is 0 Å². The molecule has 0 saturated heterocycles. The van der Waals surface area contributed by atoms with Crippen molar-refractivity contribution in [3.63, 3.8) is 0 Å². The third-order valence-electron chi connectivity index (χ3n) is 4.34. The monoisotopic (exact) mass is 240 g/mol. The van der Waals surface area contributed by atoms with Crippen LogP contribution in [0.4, 0.5) is 0 Å². The smallest absolute Gasteiger partial charge is 0.0440 e. The normalized spacial score (nSPS) is 16.8. The lowest BCUT2D eigenvalue weighted by Gasteiger charge is -2.15. The average molecular weight is 240 g/mol. The summed E-state index contributed by atoms with van der Waals surface area (Å²) >= 11 is 0. The largest absolute Gasteiger partial charge is 0.0651 e. The summed E-state index contributed by atoms with van der Waals surface area (Å²) in [6, 6.07) is 0. The van der Waals surface area contributed by atoms with Crippen molar-refractivity contribution in [2.45, 2.75) is 92.4 Å². The molecule has 0 rings (SSSR count). The zero-order valence-electron chi connectivity index (χ0n) is 13.1. The molecule has 0 radical (unpaired) electrons. The Morgan fingerprint density at radius 1 is 0.588 bits per heavy atom. The summed E-state index contributed by atoms with van der Waals surface area (Å²) in [4.78, 5) is 0. The molecule has 0 amide bonds. The number of unbranched alkanes of at least 4 members (excludes halogenated alkanes) is 3. The minimum Gasteiger partial charge on any atom is -0.0651 e. The van der Waals surface area contributed by atoms with E-state index in [-0.39, 0.29) is 0 Å². The van der Waals surface area contributed by atoms with Gasteiger partial charge in [-0.25, -0.2) is 0 Å². The van der Waals surface area contributed by atoms with Gasteiger partial charge >= 0.3 is 0 Å². The Morgan fingerprint density at radius 2 is 1.06 bits per heavy atom. The van der Waals surface area contributed by atoms with Crippen LogP contribution in [-0.4, -0.2) is 0 Å². The first-order chi connectivity index (χ1) is 8.10. The van der Waals surface area contributed by atoms with Gasteiger partial charge in [0, 0.05) is 0 Å². The molecule has 104 valence electrons. The minimum absolute atomic E-state index is 0.926. The standard InChI is InChI=1S/C17H36/c1-6-15(3)12-10-8-9-11-13-17(5)14-16(4)7-2/h15-17H,6-14H2,1-5H3. The van der Waals surface area contributed by atoms with Crippen molar-refractivity contribution in [1.29, 1.82) is 0 Å². The fourth-order valence-corrected chi connectivity index (χ4v) is 2.51. The van der Waals surface area contributed by atoms with Gasteiger partial charge in [-0.1, -0.05) is 86.0 Å². The summed E-state index contributed by atoms with van der Waals surface area (Å²) in [7, 11) is 0. The first-order valence-electron chi connectivity index (χ1n) is 8.10. The highest BCUT2D eigenvalue weighted by Gasteiger charge is 2.06. The van der Waals surface area contributed by atoms with Crippen LogP contribution >= 0.6 is 0 Å². The molecule has 0 aromatic heterocycles. The summed E-state index contributed by atoms with van der Waals surface area (Å²) < 4.78 is 0. The van der Waals surface area contributed by atoms with Crippen LogP contribution in [0.5, 0.6) is 0 Å². The van der Waals surface area contributed by atoms with Crippen molar-refractivity contribution in [2.75, 3.05) is 0 Å². The second kappa shape index (κ2) is 11.1. The van der Waals surface area contributed by atoms with Gasteiger partial charge in [-0.2, -0.15) is 0 Å². The van der Waals surface area contributed by atoms with Gasteiger partial charge in [0.1, 0.15) is 0 Å². The lowest BCUT2D eigenvalue weighted by molar-refractivity contribution is 0.372. The highest BCUT2D eigenvalue weighted by atomic mass is 14.1. The molecule has 0 fully saturated rings. The third-order valence-corrected chi connectivity index (χ3v) is 4.34. The van der Waals surface area contributed by atoms with Crippen molar-refractivity contribution >= 4 is 0 Å². The van der Waals surface area contributed by atoms with E-state index in [4.69, 9.17) is 0 Å². The molecule has 0 aromatic rings. The highest BCUT2D eigenvalue weighted by Crippen LogP contribution is 2.21. The summed E-state index contributed by atoms with van der Waals surface area (Å²) in [5.41, 5.74) is 0. The van der Waals surface area contributed by atoms with E-state index in [1.54, 1.807) is 0 Å². The van der Waals surface area contributed by atoms with Crippen molar-refractivity contribution in [1.82, 2.24) is 0 Å². The van der Waals surface area contributed by atoms with Crippen molar-refractivity contribution in [3.8, 4) is 0 Å². The summed E-state index contributed by atoms with van der Waals surface area (Å²) in [5, 5.41) is 0. The van der Waals surface area contributed by atoms with Crippen LogP contribution in [-0.2, 0) is 0 Å². The van der Waals surface area contributed by atoms with E-state index in [0.29, 0.717) is 0 Å². The first-order valence-corrected chi connectivity index (χ1v) is 8.10. The molecule has 17 heavy (non-hydrogen) atoms. The third kappa shape index (κ3) is 10.9. The van der Waals surface area contributed by atoms with Gasteiger partial charge in [0.2, 0.25) is 0 Å². The Hall–Kier alpha value is 0. The summed E-state index contributed by atoms with van der Waals surface area (Å²) in [5.74, 6) is 2.81. The van der Waals surface area contributed by atoms with Gasteiger partial charge in [-0.3, -0.25) is 0 Å². The van der Waals surface area contributed by atoms with Gasteiger partial charge in [-0.15, -0.1) is 0 Å². The van der Waals surface area contributed by atoms with E-state index in [0.717, 1.165) is 17.8 Å². The molecule has 0 nitrogen and oxygen atoms in total. The van der Waals surface area contributed by atoms with E-state index >= 15 is 0 Å². The molecule has 3 atom stereocenters. The molecule has 0 aliphatic heterocycles. The fourth-order valence-electron chi connectivity index (χ4n) is 2.51. The van der Waals surface area contributed by atoms with E-state index < -0.39 is 0 Å². The molecular weight excluding hydrogens is 204 g/mol. The van der Waals surface area contributed by atoms with Crippen molar-refractivity contribution in [3.05, 3.63) is 0 Å². The Labute approximate surface area is 111 Å². The Bertz CT molecular complexity index is 150. The van der Waals surface area contributed by atoms with E-state index in [1.807, 2.05) is 0 Å². The molecular formula is C17H36. The fraction of sp³-hybridized carbons (Fsp3) is 1.00. The lowest BCUT2D eigenvalue weighted by Crippen LogP contribution is -2.02. The Morgan fingerprint density at radius 3 is 1.53 bits per heavy atom. The van der Waals surface area contributed by atoms with Crippen LogP contribution in [0.3, 0.4) is 0 Å². The molecule has 0 heterocycles. The van der Waals surface area contributed by atoms with Gasteiger partial charge in [-0.05, 0) is 24.2 Å². The Kier molecular flexibility index (Phi) is 11.1. The van der Waals surface area contributed by atoms with E-state index in [2.05, 4.69) is 34.6 Å². The second-order valence-electron chi connectivity index (χ2n) is 6.36. The van der Waals surface area contributed by atoms with Crippen molar-refractivity contribution < 1.29 is 0 Å². The molecule has 0 aromatic carbocycles. The number of hydrogen-bond donors (Lipinski definition) is 0. The van der Waals surface area contributed by atoms with Crippen LogP contribution in [0, 0.1) is 17.8 Å². The molecule has 0 saturated carbocycles. The maximum absolute atomic E-state index is 2.44. The molecule has 0 heteroatoms. The van der Waals surface area contributed by atoms with E-state index in [9.17, 15) is 0 Å². The van der Waals surface area contributed by atoms with Gasteiger partial charge < -0.3 is 0 Å². The molecule has 0 N–H and O–H groups in total. The topological polar surface area (TPSA) is 0 Å². The van der Waals surface area contributed by atoms with Crippen LogP contribution in [0.15, 0.2) is 0 Å². The number of hydrogen-bond acceptors (Lipinski definition) is 0. The summed E-state index contributed by atoms with van der Waals surface area (Å²) in [6.45, 7) is 11.8. The number of rotatable bonds is 11. The average Bonchev–Trinajstić information content (AvgIpc) is 2.32. The van der Waals surface area contributed by atoms with Gasteiger partial charge in [0.05, 0.1) is 0 Å². The predicted octanol–water partition coefficient (Wildman–Crippen LogP) is 6.45. The maximum atomic E-state index is 2.44. The quantitative estimate of drug-likeness (QED) is 0.364. The lowest BCUT2D eigenvalue weighted by atomic mass is 9.91. The first kappa shape index (κ1) is 17.0. The van der Waals surface area contributed by atoms with Crippen LogP contribution in [0.25, 0.3) is 0 Å². The van der Waals surface area contributed by atoms with Gasteiger partial charge in [0.25, 0.3) is 0 Å². The van der Waals surface area contributed by atoms with Crippen molar-refractivity contribution in [2.24, 2.45) is 17.8 Å². The van der Waals surface area contributed by atoms with Gasteiger partial charge in [0.15, 0.2) is 0 Å². The SMILES string of the molecule is CCC(C)CCCCCCC(C)CC(C)CC. The predicted molar refractivity (Wildman–Crippen MR) is 80.4 cm³/mol. The van der Waals surface area contributed by atoms with E-state index in [1.165, 1.54) is 57.8 Å². The highest BCUT2D eigenvalue weighted by molar-refractivity contribution is 4.59. The zero-order valence-corrected chi connectivity index (χ0v) is 13.1. The van der Waals surface area contributed by atoms with Crippen LogP contribution in [0.1, 0.15) is 92.4 Å². The molecule has 0 bridgehead atoms. The van der Waals surface area contributed by atoms with Crippen LogP contribution < -0.4 is 0 Å². The minimum atomic E-state index is 0.926. The molecule has 0 aliphatic carbocycles. The Balaban J connectivity index is 3.27. The zero-order chi connectivity index (χ0) is 13.1. The second-order valence-corrected chi connectivity index (χ2v) is 6.36. The summed E-state index contributed by atoms with van der Waals surface area (Å²) in [6.07, 6.45) is 12.9. The molecule has 0 aliphatic rings. The maximum Gasteiger partial charge on any atom is -0.0440 e. The molecule has 3 unspecified atom stereocenters. The molecule has 0 spiro atoms.